The van der Waals surface area contributed by atoms with Crippen molar-refractivity contribution in [1.29, 1.82) is 0 Å². The first-order valence-corrected chi connectivity index (χ1v) is 8.13. The van der Waals surface area contributed by atoms with Gasteiger partial charge in [0.05, 0.1) is 17.6 Å². The van der Waals surface area contributed by atoms with Crippen molar-refractivity contribution < 1.29 is 0 Å². The first-order chi connectivity index (χ1) is 10.2. The van der Waals surface area contributed by atoms with Crippen molar-refractivity contribution in [3.8, 4) is 0 Å². The summed E-state index contributed by atoms with van der Waals surface area (Å²) in [6.45, 7) is 3.58. The predicted molar refractivity (Wildman–Crippen MR) is 86.7 cm³/mol. The fraction of sp³-hybridized carbons (Fsp3) is 0.357. The summed E-state index contributed by atoms with van der Waals surface area (Å²) >= 11 is 9.43. The highest BCUT2D eigenvalue weighted by molar-refractivity contribution is 9.10. The van der Waals surface area contributed by atoms with Crippen molar-refractivity contribution in [3.05, 3.63) is 40.6 Å². The first-order valence-electron chi connectivity index (χ1n) is 6.80. The van der Waals surface area contributed by atoms with E-state index in [4.69, 9.17) is 11.6 Å². The Bertz CT molecular complexity index is 764. The van der Waals surface area contributed by atoms with E-state index in [9.17, 15) is 0 Å². The number of hydrogen-bond donors (Lipinski definition) is 0. The van der Waals surface area contributed by atoms with Crippen LogP contribution in [0.5, 0.6) is 0 Å². The van der Waals surface area contributed by atoms with Gasteiger partial charge < -0.3 is 9.13 Å². The first kappa shape index (κ1) is 14.5. The van der Waals surface area contributed by atoms with Crippen LogP contribution >= 0.6 is 27.5 Å². The molecule has 2 aromatic heterocycles. The smallest absolute Gasteiger partial charge is 0.152 e. The maximum Gasteiger partial charge on any atom is 0.152 e. The van der Waals surface area contributed by atoms with Crippen LogP contribution in [0, 0.1) is 0 Å². The number of imidazole rings is 1. The summed E-state index contributed by atoms with van der Waals surface area (Å²) in [7, 11) is 0. The lowest BCUT2D eigenvalue weighted by Crippen LogP contribution is -2.11. The van der Waals surface area contributed by atoms with Gasteiger partial charge in [-0.3, -0.25) is 0 Å². The minimum Gasteiger partial charge on any atom is -0.320 e. The molecule has 1 aromatic carbocycles. The zero-order valence-electron chi connectivity index (χ0n) is 11.6. The second kappa shape index (κ2) is 6.15. The number of hydrogen-bond acceptors (Lipinski definition) is 3. The van der Waals surface area contributed by atoms with Crippen molar-refractivity contribution in [2.75, 3.05) is 5.88 Å². The largest absolute Gasteiger partial charge is 0.320 e. The van der Waals surface area contributed by atoms with Crippen LogP contribution in [-0.4, -0.2) is 30.2 Å². The normalized spacial score (nSPS) is 11.4. The molecule has 2 heterocycles. The third-order valence-electron chi connectivity index (χ3n) is 3.44. The Morgan fingerprint density at radius 2 is 2.14 bits per heavy atom. The number of alkyl halides is 1. The molecule has 0 atom stereocenters. The summed E-state index contributed by atoms with van der Waals surface area (Å²) < 4.78 is 5.23. The lowest BCUT2D eigenvalue weighted by atomic mass is 10.3. The van der Waals surface area contributed by atoms with Crippen LogP contribution in [0.2, 0.25) is 0 Å². The molecular formula is C14H15BrClN5. The second-order valence-electron chi connectivity index (χ2n) is 4.72. The van der Waals surface area contributed by atoms with Crippen LogP contribution in [0.1, 0.15) is 18.6 Å². The van der Waals surface area contributed by atoms with Crippen molar-refractivity contribution in [3.63, 3.8) is 0 Å². The number of benzene rings is 1. The molecule has 0 fully saturated rings. The molecule has 0 aliphatic carbocycles. The van der Waals surface area contributed by atoms with Gasteiger partial charge in [-0.1, -0.05) is 15.9 Å². The van der Waals surface area contributed by atoms with Gasteiger partial charge in [0, 0.05) is 23.3 Å². The molecule has 3 aromatic rings. The molecule has 0 aliphatic heterocycles. The Morgan fingerprint density at radius 1 is 1.29 bits per heavy atom. The van der Waals surface area contributed by atoms with E-state index in [1.54, 1.807) is 6.33 Å². The zero-order valence-corrected chi connectivity index (χ0v) is 14.0. The lowest BCUT2D eigenvalue weighted by molar-refractivity contribution is 0.642. The summed E-state index contributed by atoms with van der Waals surface area (Å²) in [4.78, 5) is 4.68. The molecule has 5 nitrogen and oxygen atoms in total. The molecule has 0 spiro atoms. The van der Waals surface area contributed by atoms with E-state index in [0.717, 1.165) is 40.1 Å². The highest BCUT2D eigenvalue weighted by Gasteiger charge is 2.13. The maximum atomic E-state index is 5.91. The van der Waals surface area contributed by atoms with E-state index in [0.29, 0.717) is 12.4 Å². The summed E-state index contributed by atoms with van der Waals surface area (Å²) in [5.74, 6) is 2.45. The maximum absolute atomic E-state index is 5.91. The molecule has 110 valence electrons. The summed E-state index contributed by atoms with van der Waals surface area (Å²) in [5.41, 5.74) is 2.05. The molecule has 0 amide bonds. The van der Waals surface area contributed by atoms with Gasteiger partial charge in [-0.2, -0.15) is 0 Å². The van der Waals surface area contributed by atoms with E-state index < -0.39 is 0 Å². The Morgan fingerprint density at radius 3 is 2.90 bits per heavy atom. The Kier molecular flexibility index (Phi) is 4.26. The number of nitrogens with zero attached hydrogens (tertiary/aromatic N) is 5. The SMILES string of the molecule is CCn1cnnc1Cn1c(CCCl)nc2ccc(Br)cc21. The van der Waals surface area contributed by atoms with Crippen LogP contribution in [0.4, 0.5) is 0 Å². The minimum absolute atomic E-state index is 0.547. The Hall–Kier alpha value is -1.40. The molecule has 7 heteroatoms. The van der Waals surface area contributed by atoms with Gasteiger partial charge >= 0.3 is 0 Å². The molecule has 0 unspecified atom stereocenters. The van der Waals surface area contributed by atoms with E-state index in [2.05, 4.69) is 48.7 Å². The third kappa shape index (κ3) is 2.82. The van der Waals surface area contributed by atoms with Gasteiger partial charge in [0.15, 0.2) is 5.82 Å². The van der Waals surface area contributed by atoms with Crippen LogP contribution in [0.25, 0.3) is 11.0 Å². The van der Waals surface area contributed by atoms with Gasteiger partial charge in [0.2, 0.25) is 0 Å². The van der Waals surface area contributed by atoms with Crippen molar-refractivity contribution in [2.45, 2.75) is 26.4 Å². The number of aryl methyl sites for hydroxylation is 2. The quantitative estimate of drug-likeness (QED) is 0.650. The van der Waals surface area contributed by atoms with Crippen LogP contribution in [-0.2, 0) is 19.5 Å². The van der Waals surface area contributed by atoms with Crippen LogP contribution in [0.3, 0.4) is 0 Å². The lowest BCUT2D eigenvalue weighted by Gasteiger charge is -2.09. The molecule has 0 radical (unpaired) electrons. The molecular weight excluding hydrogens is 354 g/mol. The van der Waals surface area contributed by atoms with Crippen molar-refractivity contribution in [1.82, 2.24) is 24.3 Å². The molecule has 0 saturated heterocycles. The van der Waals surface area contributed by atoms with E-state index in [-0.39, 0.29) is 0 Å². The van der Waals surface area contributed by atoms with Gasteiger partial charge in [0.1, 0.15) is 12.2 Å². The van der Waals surface area contributed by atoms with Crippen LogP contribution in [0.15, 0.2) is 29.0 Å². The zero-order chi connectivity index (χ0) is 14.8. The summed E-state index contributed by atoms with van der Waals surface area (Å²) in [6, 6.07) is 6.09. The van der Waals surface area contributed by atoms with E-state index in [1.807, 2.05) is 16.7 Å². The summed E-state index contributed by atoms with van der Waals surface area (Å²) in [6.07, 6.45) is 2.49. The summed E-state index contributed by atoms with van der Waals surface area (Å²) in [5, 5.41) is 8.20. The average Bonchev–Trinajstić information content (AvgIpc) is 3.05. The molecule has 0 bridgehead atoms. The highest BCUT2D eigenvalue weighted by Crippen LogP contribution is 2.22. The highest BCUT2D eigenvalue weighted by atomic mass is 79.9. The standard InChI is InChI=1S/C14H15BrClN5/c1-2-20-9-17-19-14(20)8-21-12-7-10(15)3-4-11(12)18-13(21)5-6-16/h3-4,7,9H,2,5-6,8H2,1H3. The third-order valence-corrected chi connectivity index (χ3v) is 4.13. The number of fused-ring (bicyclic) bond motifs is 1. The average molecular weight is 369 g/mol. The number of aromatic nitrogens is 5. The van der Waals surface area contributed by atoms with Gasteiger partial charge in [0.25, 0.3) is 0 Å². The van der Waals surface area contributed by atoms with Crippen LogP contribution < -0.4 is 0 Å². The fourth-order valence-corrected chi connectivity index (χ4v) is 2.92. The van der Waals surface area contributed by atoms with Crippen molar-refractivity contribution in [2.24, 2.45) is 0 Å². The van der Waals surface area contributed by atoms with E-state index >= 15 is 0 Å². The fourth-order valence-electron chi connectivity index (χ4n) is 2.40. The predicted octanol–water partition coefficient (Wildman–Crippen LogP) is 3.24. The molecule has 0 N–H and O–H groups in total. The van der Waals surface area contributed by atoms with Gasteiger partial charge in [-0.05, 0) is 25.1 Å². The molecule has 0 aliphatic rings. The Labute approximate surface area is 136 Å². The second-order valence-corrected chi connectivity index (χ2v) is 6.01. The number of rotatable bonds is 5. The Balaban J connectivity index is 2.10. The number of halogens is 2. The topological polar surface area (TPSA) is 48.5 Å². The molecule has 0 saturated carbocycles. The van der Waals surface area contributed by atoms with Gasteiger partial charge in [-0.15, -0.1) is 21.8 Å². The monoisotopic (exact) mass is 367 g/mol. The molecule has 3 rings (SSSR count). The van der Waals surface area contributed by atoms with Gasteiger partial charge in [-0.25, -0.2) is 4.98 Å². The molecule has 21 heavy (non-hydrogen) atoms. The van der Waals surface area contributed by atoms with Crippen molar-refractivity contribution >= 4 is 38.6 Å². The minimum atomic E-state index is 0.547. The van der Waals surface area contributed by atoms with E-state index in [1.165, 1.54) is 0 Å².